The Hall–Kier alpha value is -2.04. The fraction of sp³-hybridized carbons (Fsp3) is 0.467. The van der Waals surface area contributed by atoms with E-state index in [2.05, 4.69) is 4.99 Å². The Morgan fingerprint density at radius 2 is 2.30 bits per heavy atom. The first-order valence-corrected chi connectivity index (χ1v) is 6.55. The molecule has 1 amide bonds. The van der Waals surface area contributed by atoms with Crippen molar-refractivity contribution in [2.24, 2.45) is 4.99 Å². The van der Waals surface area contributed by atoms with Crippen LogP contribution in [-0.2, 0) is 0 Å². The van der Waals surface area contributed by atoms with Gasteiger partial charge in [-0.25, -0.2) is 0 Å². The topological polar surface area (TPSA) is 62.1 Å². The van der Waals surface area contributed by atoms with Crippen LogP contribution in [0.4, 0.5) is 5.69 Å². The average molecular weight is 276 g/mol. The van der Waals surface area contributed by atoms with Crippen molar-refractivity contribution in [3.8, 4) is 11.5 Å². The molecule has 1 aromatic rings. The molecule has 5 nitrogen and oxygen atoms in total. The molecule has 0 spiro atoms. The van der Waals surface area contributed by atoms with E-state index in [1.165, 1.54) is 6.07 Å². The second-order valence-electron chi connectivity index (χ2n) is 4.76. The molecule has 2 heterocycles. The number of phenols is 1. The predicted molar refractivity (Wildman–Crippen MR) is 78.2 cm³/mol. The zero-order valence-electron chi connectivity index (χ0n) is 10.8. The van der Waals surface area contributed by atoms with Gasteiger partial charge in [-0.2, -0.15) is 0 Å². The van der Waals surface area contributed by atoms with Gasteiger partial charge in [-0.05, 0) is 25.8 Å². The number of hydrogen-bond acceptors (Lipinski definition) is 4. The minimum absolute atomic E-state index is 0. The van der Waals surface area contributed by atoms with Crippen molar-refractivity contribution in [3.63, 3.8) is 0 Å². The predicted octanol–water partition coefficient (Wildman–Crippen LogP) is 2.75. The van der Waals surface area contributed by atoms with Gasteiger partial charge in [0.15, 0.2) is 11.5 Å². The largest absolute Gasteiger partial charge is 0.504 e. The minimum atomic E-state index is -0.0617. The van der Waals surface area contributed by atoms with Gasteiger partial charge < -0.3 is 14.7 Å². The third kappa shape index (κ3) is 2.24. The summed E-state index contributed by atoms with van der Waals surface area (Å²) in [5.41, 5.74) is 1.02. The summed E-state index contributed by atoms with van der Waals surface area (Å²) in [5, 5.41) is 9.90. The van der Waals surface area contributed by atoms with E-state index >= 15 is 0 Å². The van der Waals surface area contributed by atoms with E-state index in [0.29, 0.717) is 23.6 Å². The molecule has 1 aromatic carbocycles. The summed E-state index contributed by atoms with van der Waals surface area (Å²) in [6, 6.07) is 3.17. The van der Waals surface area contributed by atoms with Crippen LogP contribution >= 0.6 is 0 Å². The first kappa shape index (κ1) is 14.4. The summed E-state index contributed by atoms with van der Waals surface area (Å²) in [5.74, 6) is 0.295. The maximum absolute atomic E-state index is 12.4. The number of carbonyl (C=O) groups is 1. The molecule has 2 aliphatic rings. The van der Waals surface area contributed by atoms with Crippen LogP contribution in [0.1, 0.15) is 37.6 Å². The normalized spacial score (nSPS) is 19.9. The lowest BCUT2D eigenvalue weighted by molar-refractivity contribution is 0.0774. The van der Waals surface area contributed by atoms with E-state index < -0.39 is 0 Å². The molecule has 1 atom stereocenters. The van der Waals surface area contributed by atoms with Crippen molar-refractivity contribution < 1.29 is 14.6 Å². The number of aromatic hydroxyl groups is 1. The number of hydrogen-bond donors (Lipinski definition) is 1. The van der Waals surface area contributed by atoms with Gasteiger partial charge in [0, 0.05) is 18.8 Å². The van der Waals surface area contributed by atoms with Crippen molar-refractivity contribution in [1.82, 2.24) is 4.90 Å². The molecule has 0 aliphatic carbocycles. The number of fused-ring (bicyclic) bond motifs is 2. The molecule has 108 valence electrons. The fourth-order valence-corrected chi connectivity index (χ4v) is 2.63. The highest BCUT2D eigenvalue weighted by Crippen LogP contribution is 2.37. The summed E-state index contributed by atoms with van der Waals surface area (Å²) >= 11 is 0. The third-order valence-corrected chi connectivity index (χ3v) is 3.55. The highest BCUT2D eigenvalue weighted by Gasteiger charge is 2.32. The Kier molecular flexibility index (Phi) is 3.97. The number of ether oxygens (including phenoxy) is 1. The van der Waals surface area contributed by atoms with Crippen LogP contribution in [-0.4, -0.2) is 41.3 Å². The van der Waals surface area contributed by atoms with Crippen molar-refractivity contribution >= 4 is 17.8 Å². The smallest absolute Gasteiger partial charge is 0.256 e. The summed E-state index contributed by atoms with van der Waals surface area (Å²) in [6.45, 7) is 3.05. The summed E-state index contributed by atoms with van der Waals surface area (Å²) in [7, 11) is 0. The number of benzene rings is 1. The highest BCUT2D eigenvalue weighted by atomic mass is 16.5. The lowest BCUT2D eigenvalue weighted by Gasteiger charge is -2.20. The molecule has 1 N–H and O–H groups in total. The van der Waals surface area contributed by atoms with Crippen LogP contribution in [0.15, 0.2) is 17.1 Å². The summed E-state index contributed by atoms with van der Waals surface area (Å²) in [6.07, 6.45) is 3.78. The highest BCUT2D eigenvalue weighted by molar-refractivity contribution is 6.03. The van der Waals surface area contributed by atoms with Gasteiger partial charge in [0.2, 0.25) is 0 Å². The molecule has 0 radical (unpaired) electrons. The van der Waals surface area contributed by atoms with E-state index in [-0.39, 0.29) is 25.1 Å². The third-order valence-electron chi connectivity index (χ3n) is 3.55. The van der Waals surface area contributed by atoms with Crippen LogP contribution < -0.4 is 4.74 Å². The Labute approximate surface area is 118 Å². The molecular weight excluding hydrogens is 256 g/mol. The zero-order chi connectivity index (χ0) is 13.4. The maximum Gasteiger partial charge on any atom is 0.256 e. The molecule has 3 rings (SSSR count). The summed E-state index contributed by atoms with van der Waals surface area (Å²) < 4.78 is 5.32. The van der Waals surface area contributed by atoms with E-state index in [1.54, 1.807) is 6.07 Å². The number of nitrogens with zero attached hydrogens (tertiary/aromatic N) is 2. The van der Waals surface area contributed by atoms with Crippen molar-refractivity contribution in [2.75, 3.05) is 13.2 Å². The maximum atomic E-state index is 12.4. The van der Waals surface area contributed by atoms with Gasteiger partial charge >= 0.3 is 0 Å². The van der Waals surface area contributed by atoms with Crippen molar-refractivity contribution in [3.05, 3.63) is 17.7 Å². The first-order valence-electron chi connectivity index (χ1n) is 6.55. The van der Waals surface area contributed by atoms with Crippen LogP contribution in [0.2, 0.25) is 0 Å². The second kappa shape index (κ2) is 5.53. The minimum Gasteiger partial charge on any atom is -0.504 e. The van der Waals surface area contributed by atoms with Crippen LogP contribution in [0.5, 0.6) is 11.5 Å². The van der Waals surface area contributed by atoms with E-state index in [9.17, 15) is 9.90 Å². The Morgan fingerprint density at radius 3 is 3.05 bits per heavy atom. The standard InChI is InChI=1S/C14H16N2O3.CH4/c1-2-19-13-7-11-10(6-12(13)17)14(18)16-5-3-4-9(16)8-15-11;/h6-9,17H,2-5H2,1H3;1H4. The average Bonchev–Trinajstić information content (AvgIpc) is 2.82. The van der Waals surface area contributed by atoms with Gasteiger partial charge in [-0.15, -0.1) is 0 Å². The number of rotatable bonds is 2. The molecule has 0 saturated carbocycles. The van der Waals surface area contributed by atoms with E-state index in [1.807, 2.05) is 18.0 Å². The lowest BCUT2D eigenvalue weighted by atomic mass is 10.1. The number of aliphatic imine (C=N–C) groups is 1. The van der Waals surface area contributed by atoms with Crippen LogP contribution in [0.25, 0.3) is 0 Å². The molecular formula is C15H20N2O3. The first-order chi connectivity index (χ1) is 9.20. The van der Waals surface area contributed by atoms with Crippen molar-refractivity contribution in [1.29, 1.82) is 0 Å². The molecule has 0 bridgehead atoms. The Balaban J connectivity index is 0.00000147. The molecule has 1 fully saturated rings. The number of carbonyl (C=O) groups excluding carboxylic acids is 1. The number of phenolic OH excluding ortho intramolecular Hbond substituents is 1. The van der Waals surface area contributed by atoms with Crippen LogP contribution in [0, 0.1) is 0 Å². The summed E-state index contributed by atoms with van der Waals surface area (Å²) in [4.78, 5) is 18.6. The SMILES string of the molecule is C.CCOc1cc2c(cc1O)C(=O)N1CCCC1C=N2. The molecule has 1 saturated heterocycles. The zero-order valence-corrected chi connectivity index (χ0v) is 10.8. The van der Waals surface area contributed by atoms with E-state index in [4.69, 9.17) is 4.74 Å². The molecule has 20 heavy (non-hydrogen) atoms. The van der Waals surface area contributed by atoms with Gasteiger partial charge in [0.05, 0.1) is 23.9 Å². The monoisotopic (exact) mass is 276 g/mol. The van der Waals surface area contributed by atoms with Gasteiger partial charge in [-0.3, -0.25) is 9.79 Å². The van der Waals surface area contributed by atoms with Crippen LogP contribution in [0.3, 0.4) is 0 Å². The number of amides is 1. The van der Waals surface area contributed by atoms with E-state index in [0.717, 1.165) is 19.4 Å². The second-order valence-corrected chi connectivity index (χ2v) is 4.76. The molecule has 5 heteroatoms. The lowest BCUT2D eigenvalue weighted by Crippen LogP contribution is -2.35. The molecule has 0 aromatic heterocycles. The quantitative estimate of drug-likeness (QED) is 0.903. The van der Waals surface area contributed by atoms with Gasteiger partial charge in [0.25, 0.3) is 5.91 Å². The van der Waals surface area contributed by atoms with Gasteiger partial charge in [0.1, 0.15) is 0 Å². The fourth-order valence-electron chi connectivity index (χ4n) is 2.63. The Morgan fingerprint density at radius 1 is 1.50 bits per heavy atom. The Bertz CT molecular complexity index is 554. The molecule has 2 aliphatic heterocycles. The van der Waals surface area contributed by atoms with Gasteiger partial charge in [-0.1, -0.05) is 7.43 Å². The van der Waals surface area contributed by atoms with Crippen molar-refractivity contribution in [2.45, 2.75) is 33.2 Å². The molecule has 1 unspecified atom stereocenters.